The molecule has 1 saturated heterocycles. The van der Waals surface area contributed by atoms with Gasteiger partial charge in [-0.15, -0.1) is 0 Å². The third-order valence-corrected chi connectivity index (χ3v) is 6.93. The van der Waals surface area contributed by atoms with Gasteiger partial charge in [-0.05, 0) is 74.0 Å². The summed E-state index contributed by atoms with van der Waals surface area (Å²) in [5.74, 6) is 0.806. The van der Waals surface area contributed by atoms with Crippen LogP contribution in [0.2, 0.25) is 0 Å². The van der Waals surface area contributed by atoms with E-state index in [4.69, 9.17) is 4.74 Å². The average molecular weight is 488 g/mol. The van der Waals surface area contributed by atoms with Gasteiger partial charge in [0.1, 0.15) is 23.2 Å². The first-order chi connectivity index (χ1) is 18.3. The Labute approximate surface area is 213 Å². The van der Waals surface area contributed by atoms with Gasteiger partial charge >= 0.3 is 0 Å². The summed E-state index contributed by atoms with van der Waals surface area (Å²) in [6.07, 6.45) is 9.53. The molecule has 0 amide bonds. The molecule has 0 spiro atoms. The molecule has 5 aromatic heterocycles. The molecule has 0 bridgehead atoms. The van der Waals surface area contributed by atoms with Crippen molar-refractivity contribution < 1.29 is 4.74 Å². The van der Waals surface area contributed by atoms with Gasteiger partial charge in [-0.25, -0.2) is 4.98 Å². The van der Waals surface area contributed by atoms with Crippen LogP contribution in [-0.4, -0.2) is 49.3 Å². The molecule has 0 aliphatic carbocycles. The Kier molecular flexibility index (Phi) is 5.36. The fourth-order valence-electron chi connectivity index (χ4n) is 5.05. The van der Waals surface area contributed by atoms with Crippen molar-refractivity contribution in [2.45, 2.75) is 18.9 Å². The Bertz CT molecular complexity index is 1700. The summed E-state index contributed by atoms with van der Waals surface area (Å²) in [4.78, 5) is 17.0. The van der Waals surface area contributed by atoms with Crippen molar-refractivity contribution in [3.63, 3.8) is 0 Å². The maximum Gasteiger partial charge on any atom is 0.138 e. The van der Waals surface area contributed by atoms with Crippen LogP contribution >= 0.6 is 0 Å². The molecule has 8 heteroatoms. The Morgan fingerprint density at radius 2 is 1.78 bits per heavy atom. The zero-order valence-corrected chi connectivity index (χ0v) is 20.1. The van der Waals surface area contributed by atoms with Crippen LogP contribution in [0.15, 0.2) is 79.4 Å². The summed E-state index contributed by atoms with van der Waals surface area (Å²) in [6, 6.07) is 18.4. The molecule has 1 fully saturated rings. The summed E-state index contributed by atoms with van der Waals surface area (Å²) in [5.41, 5.74) is 7.52. The number of nitrogens with one attached hydrogen (secondary N) is 3. The largest absolute Gasteiger partial charge is 0.489 e. The standard InChI is InChI=1S/C29H25N7O/c1-2-9-32-25(3-1)22-8-12-33-29-23(22)15-27(34-29)28-24-14-18(4-5-26(24)35-36-28)19-13-21(17-31-16-19)37-20-6-10-30-11-7-20/h1-5,8-9,12-17,20,30H,6-7,10-11H2,(H,33,34)(H,35,36). The second-order valence-electron chi connectivity index (χ2n) is 9.33. The summed E-state index contributed by atoms with van der Waals surface area (Å²) >= 11 is 0. The van der Waals surface area contributed by atoms with E-state index in [0.29, 0.717) is 0 Å². The SMILES string of the molecule is c1ccc(-c2ccnc3[nH]c(-c4n[nH]c5ccc(-c6cncc(OC7CCNCC7)c6)cc45)cc23)nc1. The molecular formula is C29H25N7O. The fourth-order valence-corrected chi connectivity index (χ4v) is 5.05. The van der Waals surface area contributed by atoms with Crippen LogP contribution in [0.4, 0.5) is 0 Å². The predicted octanol–water partition coefficient (Wildman–Crippen LogP) is 5.36. The summed E-state index contributed by atoms with van der Waals surface area (Å²) in [6.45, 7) is 1.98. The summed E-state index contributed by atoms with van der Waals surface area (Å²) in [7, 11) is 0. The van der Waals surface area contributed by atoms with Crippen LogP contribution in [0, 0.1) is 0 Å². The lowest BCUT2D eigenvalue weighted by Gasteiger charge is -2.23. The van der Waals surface area contributed by atoms with E-state index in [0.717, 1.165) is 87.4 Å². The van der Waals surface area contributed by atoms with Crippen molar-refractivity contribution in [3.05, 3.63) is 79.4 Å². The number of pyridine rings is 3. The van der Waals surface area contributed by atoms with E-state index in [1.54, 1.807) is 18.6 Å². The van der Waals surface area contributed by atoms with Crippen LogP contribution < -0.4 is 10.1 Å². The number of rotatable bonds is 5. The topological polar surface area (TPSA) is 104 Å². The zero-order chi connectivity index (χ0) is 24.6. The van der Waals surface area contributed by atoms with Gasteiger partial charge in [0.2, 0.25) is 0 Å². The maximum atomic E-state index is 6.23. The van der Waals surface area contributed by atoms with Crippen LogP contribution in [-0.2, 0) is 0 Å². The first-order valence-corrected chi connectivity index (χ1v) is 12.5. The van der Waals surface area contributed by atoms with Gasteiger partial charge in [-0.1, -0.05) is 12.1 Å². The summed E-state index contributed by atoms with van der Waals surface area (Å²) in [5, 5.41) is 13.2. The molecule has 0 saturated carbocycles. The lowest BCUT2D eigenvalue weighted by Crippen LogP contribution is -2.34. The van der Waals surface area contributed by atoms with E-state index in [-0.39, 0.29) is 6.10 Å². The van der Waals surface area contributed by atoms with Gasteiger partial charge in [0.15, 0.2) is 0 Å². The zero-order valence-electron chi connectivity index (χ0n) is 20.1. The first kappa shape index (κ1) is 21.7. The molecule has 6 aromatic rings. The van der Waals surface area contributed by atoms with Gasteiger partial charge in [-0.2, -0.15) is 5.10 Å². The number of fused-ring (bicyclic) bond motifs is 2. The van der Waals surface area contributed by atoms with E-state index in [9.17, 15) is 0 Å². The molecule has 37 heavy (non-hydrogen) atoms. The number of aromatic amines is 2. The quantitative estimate of drug-likeness (QED) is 0.302. The van der Waals surface area contributed by atoms with E-state index in [2.05, 4.69) is 65.8 Å². The van der Waals surface area contributed by atoms with E-state index < -0.39 is 0 Å². The first-order valence-electron chi connectivity index (χ1n) is 12.5. The smallest absolute Gasteiger partial charge is 0.138 e. The number of aromatic nitrogens is 6. The number of hydrogen-bond donors (Lipinski definition) is 3. The Balaban J connectivity index is 1.26. The fraction of sp³-hybridized carbons (Fsp3) is 0.172. The van der Waals surface area contributed by atoms with Crippen LogP contribution in [0.5, 0.6) is 5.75 Å². The highest BCUT2D eigenvalue weighted by atomic mass is 16.5. The molecule has 6 heterocycles. The highest BCUT2D eigenvalue weighted by molar-refractivity contribution is 6.00. The molecule has 7 rings (SSSR count). The van der Waals surface area contributed by atoms with Crippen molar-refractivity contribution in [1.82, 2.24) is 35.5 Å². The molecule has 8 nitrogen and oxygen atoms in total. The van der Waals surface area contributed by atoms with Crippen LogP contribution in [0.3, 0.4) is 0 Å². The predicted molar refractivity (Wildman–Crippen MR) is 144 cm³/mol. The molecule has 3 N–H and O–H groups in total. The van der Waals surface area contributed by atoms with Gasteiger partial charge in [0.25, 0.3) is 0 Å². The number of H-pyrrole nitrogens is 2. The summed E-state index contributed by atoms with van der Waals surface area (Å²) < 4.78 is 6.23. The Morgan fingerprint density at radius 3 is 2.68 bits per heavy atom. The van der Waals surface area contributed by atoms with Crippen molar-refractivity contribution in [2.75, 3.05) is 13.1 Å². The van der Waals surface area contributed by atoms with E-state index >= 15 is 0 Å². The molecule has 1 aliphatic rings. The highest BCUT2D eigenvalue weighted by Crippen LogP contribution is 2.34. The second kappa shape index (κ2) is 9.15. The average Bonchev–Trinajstić information content (AvgIpc) is 3.58. The van der Waals surface area contributed by atoms with Crippen LogP contribution in [0.25, 0.3) is 55.7 Å². The number of benzene rings is 1. The minimum absolute atomic E-state index is 0.229. The van der Waals surface area contributed by atoms with Gasteiger partial charge < -0.3 is 15.0 Å². The lowest BCUT2D eigenvalue weighted by atomic mass is 10.0. The van der Waals surface area contributed by atoms with Crippen molar-refractivity contribution >= 4 is 21.9 Å². The Hall–Kier alpha value is -4.56. The minimum Gasteiger partial charge on any atom is -0.489 e. The molecule has 0 unspecified atom stereocenters. The molecule has 1 aliphatic heterocycles. The van der Waals surface area contributed by atoms with Crippen molar-refractivity contribution in [3.8, 4) is 39.5 Å². The molecule has 1 aromatic carbocycles. The number of piperidine rings is 1. The number of ether oxygens (including phenoxy) is 1. The maximum absolute atomic E-state index is 6.23. The van der Waals surface area contributed by atoms with Crippen molar-refractivity contribution in [1.29, 1.82) is 0 Å². The van der Waals surface area contributed by atoms with Gasteiger partial charge in [-0.3, -0.25) is 15.1 Å². The third-order valence-electron chi connectivity index (χ3n) is 6.93. The normalized spacial score (nSPS) is 14.4. The van der Waals surface area contributed by atoms with Gasteiger partial charge in [0.05, 0.1) is 23.1 Å². The minimum atomic E-state index is 0.229. The van der Waals surface area contributed by atoms with E-state index in [1.165, 1.54) is 0 Å². The van der Waals surface area contributed by atoms with Gasteiger partial charge in [0, 0.05) is 40.5 Å². The number of hydrogen-bond acceptors (Lipinski definition) is 6. The number of nitrogens with zero attached hydrogens (tertiary/aromatic N) is 4. The monoisotopic (exact) mass is 487 g/mol. The van der Waals surface area contributed by atoms with E-state index in [1.807, 2.05) is 30.5 Å². The highest BCUT2D eigenvalue weighted by Gasteiger charge is 2.17. The van der Waals surface area contributed by atoms with Crippen molar-refractivity contribution in [2.24, 2.45) is 0 Å². The lowest BCUT2D eigenvalue weighted by molar-refractivity contribution is 0.162. The van der Waals surface area contributed by atoms with Crippen LogP contribution in [0.1, 0.15) is 12.8 Å². The third kappa shape index (κ3) is 4.11. The molecule has 0 atom stereocenters. The Morgan fingerprint density at radius 1 is 0.838 bits per heavy atom. The molecular weight excluding hydrogens is 462 g/mol. The molecule has 182 valence electrons. The second-order valence-corrected chi connectivity index (χ2v) is 9.33. The molecule has 0 radical (unpaired) electrons.